The molecule has 1 aliphatic rings. The molecule has 1 heterocycles. The zero-order valence-electron chi connectivity index (χ0n) is 21.2. The second kappa shape index (κ2) is 11.4. The summed E-state index contributed by atoms with van der Waals surface area (Å²) < 4.78 is 5.94. The molecule has 1 fully saturated rings. The number of aryl methyl sites for hydroxylation is 2. The smallest absolute Gasteiger partial charge is 0.253 e. The minimum absolute atomic E-state index is 0.0380. The van der Waals surface area contributed by atoms with Gasteiger partial charge in [-0.3, -0.25) is 14.4 Å². The van der Waals surface area contributed by atoms with Gasteiger partial charge in [0.1, 0.15) is 5.75 Å². The summed E-state index contributed by atoms with van der Waals surface area (Å²) in [6.45, 7) is 9.73. The quantitative estimate of drug-likeness (QED) is 0.531. The lowest BCUT2D eigenvalue weighted by Gasteiger charge is -2.34. The van der Waals surface area contributed by atoms with Crippen molar-refractivity contribution in [3.8, 4) is 5.75 Å². The summed E-state index contributed by atoms with van der Waals surface area (Å²) in [6, 6.07) is 12.6. The Morgan fingerprint density at radius 2 is 1.66 bits per heavy atom. The van der Waals surface area contributed by atoms with Crippen LogP contribution >= 0.6 is 0 Å². The predicted molar refractivity (Wildman–Crippen MR) is 136 cm³/mol. The van der Waals surface area contributed by atoms with Gasteiger partial charge in [-0.2, -0.15) is 0 Å². The van der Waals surface area contributed by atoms with E-state index in [0.717, 1.165) is 24.2 Å². The summed E-state index contributed by atoms with van der Waals surface area (Å²) in [5.74, 6) is 0.348. The molecule has 7 nitrogen and oxygen atoms in total. The maximum Gasteiger partial charge on any atom is 0.253 e. The predicted octanol–water partition coefficient (Wildman–Crippen LogP) is 4.01. The minimum atomic E-state index is -0.516. The van der Waals surface area contributed by atoms with Crippen molar-refractivity contribution in [2.75, 3.05) is 19.7 Å². The number of ether oxygens (including phenoxy) is 1. The van der Waals surface area contributed by atoms with Crippen LogP contribution in [0.4, 0.5) is 0 Å². The molecule has 0 unspecified atom stereocenters. The minimum Gasteiger partial charge on any atom is -0.493 e. The number of amides is 3. The van der Waals surface area contributed by atoms with Crippen molar-refractivity contribution < 1.29 is 19.1 Å². The van der Waals surface area contributed by atoms with Crippen LogP contribution in [0.5, 0.6) is 5.75 Å². The van der Waals surface area contributed by atoms with Crippen molar-refractivity contribution in [3.05, 3.63) is 64.7 Å². The lowest BCUT2D eigenvalue weighted by Crippen LogP contribution is -2.49. The molecule has 3 amide bonds. The van der Waals surface area contributed by atoms with E-state index in [2.05, 4.69) is 17.4 Å². The Morgan fingerprint density at radius 1 is 1.03 bits per heavy atom. The van der Waals surface area contributed by atoms with Gasteiger partial charge in [-0.25, -0.2) is 0 Å². The van der Waals surface area contributed by atoms with E-state index in [1.54, 1.807) is 29.2 Å². The Hall–Kier alpha value is -3.35. The van der Waals surface area contributed by atoms with E-state index in [-0.39, 0.29) is 17.9 Å². The van der Waals surface area contributed by atoms with E-state index in [0.29, 0.717) is 43.7 Å². The van der Waals surface area contributed by atoms with Crippen LogP contribution in [-0.4, -0.2) is 48.4 Å². The summed E-state index contributed by atoms with van der Waals surface area (Å²) >= 11 is 0. The molecule has 0 aromatic heterocycles. The highest BCUT2D eigenvalue weighted by Gasteiger charge is 2.31. The number of rotatable bonds is 9. The summed E-state index contributed by atoms with van der Waals surface area (Å²) in [4.78, 5) is 38.7. The van der Waals surface area contributed by atoms with E-state index in [4.69, 9.17) is 10.5 Å². The molecule has 3 rings (SSSR count). The number of benzene rings is 2. The van der Waals surface area contributed by atoms with Crippen molar-refractivity contribution in [1.82, 2.24) is 10.2 Å². The zero-order chi connectivity index (χ0) is 25.6. The monoisotopic (exact) mass is 479 g/mol. The number of likely N-dealkylation sites (tertiary alicyclic amines) is 1. The molecule has 0 aliphatic carbocycles. The van der Waals surface area contributed by atoms with Gasteiger partial charge in [-0.1, -0.05) is 26.0 Å². The third-order valence-electron chi connectivity index (χ3n) is 6.70. The van der Waals surface area contributed by atoms with Crippen LogP contribution in [0.1, 0.15) is 71.4 Å². The van der Waals surface area contributed by atoms with Gasteiger partial charge < -0.3 is 20.7 Å². The van der Waals surface area contributed by atoms with E-state index in [1.165, 1.54) is 5.56 Å². The van der Waals surface area contributed by atoms with Gasteiger partial charge in [-0.05, 0) is 81.0 Å². The largest absolute Gasteiger partial charge is 0.493 e. The average Bonchev–Trinajstić information content (AvgIpc) is 2.84. The highest BCUT2D eigenvalue weighted by atomic mass is 16.5. The molecule has 3 N–H and O–H groups in total. The first-order valence-corrected chi connectivity index (χ1v) is 12.3. The normalized spacial score (nSPS) is 14.5. The summed E-state index contributed by atoms with van der Waals surface area (Å²) in [6.07, 6.45) is 2.93. The lowest BCUT2D eigenvalue weighted by atomic mass is 9.86. The summed E-state index contributed by atoms with van der Waals surface area (Å²) in [5.41, 5.74) is 7.95. The number of nitrogens with zero attached hydrogens (tertiary/aromatic N) is 1. The van der Waals surface area contributed by atoms with Gasteiger partial charge in [-0.15, -0.1) is 0 Å². The van der Waals surface area contributed by atoms with Gasteiger partial charge >= 0.3 is 0 Å². The Labute approximate surface area is 208 Å². The topological polar surface area (TPSA) is 102 Å². The Bertz CT molecular complexity index is 1050. The number of carbonyl (C=O) groups is 3. The van der Waals surface area contributed by atoms with Crippen LogP contribution in [0.25, 0.3) is 0 Å². The molecule has 2 aromatic carbocycles. The molecular formula is C28H37N3O4. The van der Waals surface area contributed by atoms with Crippen molar-refractivity contribution in [2.45, 2.75) is 59.4 Å². The summed E-state index contributed by atoms with van der Waals surface area (Å²) in [7, 11) is 0. The van der Waals surface area contributed by atoms with E-state index >= 15 is 0 Å². The molecule has 1 aliphatic heterocycles. The zero-order valence-corrected chi connectivity index (χ0v) is 21.2. The molecule has 35 heavy (non-hydrogen) atoms. The number of carbonyl (C=O) groups excluding carboxylic acids is 3. The summed E-state index contributed by atoms with van der Waals surface area (Å²) in [5, 5.41) is 3.18. The molecule has 188 valence electrons. The van der Waals surface area contributed by atoms with Gasteiger partial charge in [0.2, 0.25) is 11.8 Å². The maximum absolute atomic E-state index is 12.9. The number of hydrogen-bond acceptors (Lipinski definition) is 4. The van der Waals surface area contributed by atoms with Crippen molar-refractivity contribution in [2.24, 2.45) is 11.1 Å². The third kappa shape index (κ3) is 7.07. The number of piperidine rings is 1. The van der Waals surface area contributed by atoms with Crippen LogP contribution in [0.15, 0.2) is 42.5 Å². The van der Waals surface area contributed by atoms with Crippen molar-refractivity contribution in [3.63, 3.8) is 0 Å². The van der Waals surface area contributed by atoms with Gasteiger partial charge in [0.25, 0.3) is 5.91 Å². The first kappa shape index (κ1) is 26.3. The number of hydrogen-bond donors (Lipinski definition) is 2. The van der Waals surface area contributed by atoms with E-state index in [9.17, 15) is 14.4 Å². The van der Waals surface area contributed by atoms with Gasteiger partial charge in [0, 0.05) is 35.7 Å². The van der Waals surface area contributed by atoms with Crippen LogP contribution < -0.4 is 15.8 Å². The fourth-order valence-electron chi connectivity index (χ4n) is 4.24. The van der Waals surface area contributed by atoms with Gasteiger partial charge in [0.15, 0.2) is 0 Å². The highest BCUT2D eigenvalue weighted by Crippen LogP contribution is 2.25. The highest BCUT2D eigenvalue weighted by molar-refractivity contribution is 5.97. The Balaban J connectivity index is 1.42. The first-order valence-electron chi connectivity index (χ1n) is 12.3. The molecule has 0 bridgehead atoms. The number of nitrogens with two attached hydrogens (primary N) is 1. The first-order chi connectivity index (χ1) is 16.6. The van der Waals surface area contributed by atoms with E-state index in [1.807, 2.05) is 33.8 Å². The second-order valence-corrected chi connectivity index (χ2v) is 10.1. The van der Waals surface area contributed by atoms with Crippen molar-refractivity contribution in [1.29, 1.82) is 0 Å². The lowest BCUT2D eigenvalue weighted by molar-refractivity contribution is -0.130. The van der Waals surface area contributed by atoms with Crippen LogP contribution in [-0.2, 0) is 4.79 Å². The Kier molecular flexibility index (Phi) is 8.54. The third-order valence-corrected chi connectivity index (χ3v) is 6.70. The van der Waals surface area contributed by atoms with Gasteiger partial charge in [0.05, 0.1) is 6.61 Å². The molecule has 0 spiro atoms. The fraction of sp³-hybridized carbons (Fsp3) is 0.464. The van der Waals surface area contributed by atoms with Crippen LogP contribution in [0, 0.1) is 19.3 Å². The average molecular weight is 480 g/mol. The van der Waals surface area contributed by atoms with Crippen LogP contribution in [0.3, 0.4) is 0 Å². The van der Waals surface area contributed by atoms with Crippen LogP contribution in [0.2, 0.25) is 0 Å². The standard InChI is InChI=1S/C28H37N3O4/c1-19-6-7-20(2)24(18-19)35-17-5-14-28(3,4)27(34)30-23-12-15-31(16-13-23)26(33)22-10-8-21(9-11-22)25(29)32/h6-11,18,23H,5,12-17H2,1-4H3,(H2,29,32)(H,30,34). The molecule has 7 heteroatoms. The fourth-order valence-corrected chi connectivity index (χ4v) is 4.24. The van der Waals surface area contributed by atoms with Crippen molar-refractivity contribution >= 4 is 17.7 Å². The second-order valence-electron chi connectivity index (χ2n) is 10.1. The number of nitrogens with one attached hydrogen (secondary N) is 1. The maximum atomic E-state index is 12.9. The Morgan fingerprint density at radius 3 is 2.29 bits per heavy atom. The molecule has 0 atom stereocenters. The SMILES string of the molecule is Cc1ccc(C)c(OCCCC(C)(C)C(=O)NC2CCN(C(=O)c3ccc(C(N)=O)cc3)CC2)c1. The molecule has 2 aromatic rings. The molecule has 1 saturated heterocycles. The number of primary amides is 1. The molecule has 0 radical (unpaired) electrons. The molecule has 0 saturated carbocycles. The van der Waals surface area contributed by atoms with E-state index < -0.39 is 11.3 Å². The molecular weight excluding hydrogens is 442 g/mol.